The standard InChI is InChI=1S/C17H17N3O3/c18-15(21)9-19-17(23)12-8-16(22)20(10-12)14-7-3-5-11-4-1-2-6-13(11)14/h1-7,12H,8-10H2,(H2,18,21)(H,19,23). The molecule has 1 heterocycles. The molecule has 1 aliphatic rings. The number of nitrogens with one attached hydrogen (secondary N) is 1. The molecule has 3 N–H and O–H groups in total. The molecule has 0 saturated carbocycles. The van der Waals surface area contributed by atoms with Crippen molar-refractivity contribution in [3.63, 3.8) is 0 Å². The molecule has 1 saturated heterocycles. The number of anilines is 1. The third-order valence-corrected chi connectivity index (χ3v) is 3.99. The first kappa shape index (κ1) is 15.0. The van der Waals surface area contributed by atoms with E-state index in [1.165, 1.54) is 0 Å². The number of benzene rings is 2. The molecule has 1 fully saturated rings. The lowest BCUT2D eigenvalue weighted by Gasteiger charge is -2.19. The normalized spacial score (nSPS) is 17.5. The molecular formula is C17H17N3O3. The van der Waals surface area contributed by atoms with Crippen molar-refractivity contribution >= 4 is 34.2 Å². The first-order valence-corrected chi connectivity index (χ1v) is 7.40. The summed E-state index contributed by atoms with van der Waals surface area (Å²) < 4.78 is 0. The van der Waals surface area contributed by atoms with E-state index in [1.807, 2.05) is 42.5 Å². The predicted molar refractivity (Wildman–Crippen MR) is 86.6 cm³/mol. The van der Waals surface area contributed by atoms with Gasteiger partial charge in [-0.2, -0.15) is 0 Å². The Labute approximate surface area is 133 Å². The number of primary amides is 1. The van der Waals surface area contributed by atoms with Crippen molar-refractivity contribution in [2.45, 2.75) is 6.42 Å². The number of nitrogens with two attached hydrogens (primary N) is 1. The van der Waals surface area contributed by atoms with Gasteiger partial charge in [-0.3, -0.25) is 14.4 Å². The summed E-state index contributed by atoms with van der Waals surface area (Å²) in [5, 5.41) is 4.48. The first-order chi connectivity index (χ1) is 11.1. The molecule has 118 valence electrons. The average Bonchev–Trinajstić information content (AvgIpc) is 2.94. The van der Waals surface area contributed by atoms with Crippen LogP contribution in [0.4, 0.5) is 5.69 Å². The van der Waals surface area contributed by atoms with E-state index >= 15 is 0 Å². The molecule has 6 heteroatoms. The fourth-order valence-electron chi connectivity index (χ4n) is 2.88. The monoisotopic (exact) mass is 311 g/mol. The Bertz CT molecular complexity index is 782. The number of hydrogen-bond acceptors (Lipinski definition) is 3. The summed E-state index contributed by atoms with van der Waals surface area (Å²) >= 11 is 0. The van der Waals surface area contributed by atoms with Gasteiger partial charge in [0.05, 0.1) is 18.2 Å². The van der Waals surface area contributed by atoms with E-state index < -0.39 is 11.8 Å². The summed E-state index contributed by atoms with van der Waals surface area (Å²) in [6.07, 6.45) is 0.133. The van der Waals surface area contributed by atoms with Crippen LogP contribution in [0.5, 0.6) is 0 Å². The summed E-state index contributed by atoms with van der Waals surface area (Å²) in [6.45, 7) is 0.0925. The van der Waals surface area contributed by atoms with Crippen LogP contribution in [0.1, 0.15) is 6.42 Å². The van der Waals surface area contributed by atoms with Crippen LogP contribution in [-0.2, 0) is 14.4 Å². The Morgan fingerprint density at radius 1 is 1.17 bits per heavy atom. The fourth-order valence-corrected chi connectivity index (χ4v) is 2.88. The topological polar surface area (TPSA) is 92.5 Å². The minimum atomic E-state index is -0.603. The Balaban J connectivity index is 1.82. The average molecular weight is 311 g/mol. The summed E-state index contributed by atoms with van der Waals surface area (Å²) in [4.78, 5) is 36.7. The van der Waals surface area contributed by atoms with Crippen LogP contribution in [0, 0.1) is 5.92 Å². The van der Waals surface area contributed by atoms with Crippen molar-refractivity contribution in [1.29, 1.82) is 0 Å². The summed E-state index contributed by atoms with van der Waals surface area (Å²) in [5.74, 6) is -1.49. The molecule has 6 nitrogen and oxygen atoms in total. The van der Waals surface area contributed by atoms with E-state index in [0.29, 0.717) is 6.54 Å². The zero-order chi connectivity index (χ0) is 16.4. The fraction of sp³-hybridized carbons (Fsp3) is 0.235. The van der Waals surface area contributed by atoms with Gasteiger partial charge in [0.15, 0.2) is 0 Å². The Morgan fingerprint density at radius 2 is 1.91 bits per heavy atom. The van der Waals surface area contributed by atoms with E-state index in [9.17, 15) is 14.4 Å². The second kappa shape index (κ2) is 6.08. The van der Waals surface area contributed by atoms with E-state index in [-0.39, 0.29) is 24.8 Å². The number of carbonyl (C=O) groups excluding carboxylic acids is 3. The summed E-state index contributed by atoms with van der Waals surface area (Å²) in [5.41, 5.74) is 5.82. The lowest BCUT2D eigenvalue weighted by Crippen LogP contribution is -2.38. The molecule has 0 bridgehead atoms. The molecule has 3 rings (SSSR count). The maximum atomic E-state index is 12.3. The van der Waals surface area contributed by atoms with Crippen molar-refractivity contribution < 1.29 is 14.4 Å². The number of nitrogens with zero attached hydrogens (tertiary/aromatic N) is 1. The molecule has 23 heavy (non-hydrogen) atoms. The minimum absolute atomic E-state index is 0.0967. The van der Waals surface area contributed by atoms with Crippen molar-refractivity contribution in [3.05, 3.63) is 42.5 Å². The van der Waals surface area contributed by atoms with Crippen LogP contribution in [-0.4, -0.2) is 30.8 Å². The molecule has 1 unspecified atom stereocenters. The smallest absolute Gasteiger partial charge is 0.236 e. The summed E-state index contributed by atoms with van der Waals surface area (Å²) in [7, 11) is 0. The highest BCUT2D eigenvalue weighted by Gasteiger charge is 2.35. The minimum Gasteiger partial charge on any atom is -0.368 e. The highest BCUT2D eigenvalue weighted by Crippen LogP contribution is 2.31. The van der Waals surface area contributed by atoms with Gasteiger partial charge < -0.3 is 16.0 Å². The first-order valence-electron chi connectivity index (χ1n) is 7.40. The maximum absolute atomic E-state index is 12.3. The van der Waals surface area contributed by atoms with Crippen molar-refractivity contribution in [2.24, 2.45) is 11.7 Å². The Kier molecular flexibility index (Phi) is 3.97. The van der Waals surface area contributed by atoms with Gasteiger partial charge in [0, 0.05) is 18.4 Å². The molecule has 0 radical (unpaired) electrons. The van der Waals surface area contributed by atoms with Crippen molar-refractivity contribution in [3.8, 4) is 0 Å². The maximum Gasteiger partial charge on any atom is 0.236 e. The van der Waals surface area contributed by atoms with Gasteiger partial charge in [-0.25, -0.2) is 0 Å². The Morgan fingerprint density at radius 3 is 2.70 bits per heavy atom. The number of fused-ring (bicyclic) bond motifs is 1. The van der Waals surface area contributed by atoms with E-state index in [4.69, 9.17) is 5.73 Å². The molecule has 0 spiro atoms. The number of carbonyl (C=O) groups is 3. The quantitative estimate of drug-likeness (QED) is 0.874. The molecule has 2 aromatic rings. The number of amides is 3. The van der Waals surface area contributed by atoms with E-state index in [2.05, 4.69) is 5.32 Å². The van der Waals surface area contributed by atoms with Gasteiger partial charge in [0.2, 0.25) is 17.7 Å². The summed E-state index contributed by atoms with van der Waals surface area (Å²) in [6, 6.07) is 13.6. The van der Waals surface area contributed by atoms with E-state index in [0.717, 1.165) is 16.5 Å². The Hall–Kier alpha value is -2.89. The van der Waals surface area contributed by atoms with Crippen LogP contribution in [0.3, 0.4) is 0 Å². The lowest BCUT2D eigenvalue weighted by molar-refractivity contribution is -0.128. The SMILES string of the molecule is NC(=O)CNC(=O)C1CC(=O)N(c2cccc3ccccc23)C1. The van der Waals surface area contributed by atoms with Crippen LogP contribution < -0.4 is 16.0 Å². The van der Waals surface area contributed by atoms with Gasteiger partial charge in [0.25, 0.3) is 0 Å². The zero-order valence-electron chi connectivity index (χ0n) is 12.5. The second-order valence-electron chi connectivity index (χ2n) is 5.59. The molecule has 1 aliphatic heterocycles. The number of hydrogen-bond donors (Lipinski definition) is 2. The van der Waals surface area contributed by atoms with Crippen molar-refractivity contribution in [2.75, 3.05) is 18.0 Å². The molecular weight excluding hydrogens is 294 g/mol. The van der Waals surface area contributed by atoms with Gasteiger partial charge in [0.1, 0.15) is 0 Å². The zero-order valence-corrected chi connectivity index (χ0v) is 12.5. The van der Waals surface area contributed by atoms with Gasteiger partial charge >= 0.3 is 0 Å². The van der Waals surface area contributed by atoms with Gasteiger partial charge in [-0.1, -0.05) is 36.4 Å². The predicted octanol–water partition coefficient (Wildman–Crippen LogP) is 0.794. The van der Waals surface area contributed by atoms with Gasteiger partial charge in [-0.15, -0.1) is 0 Å². The molecule has 0 aromatic heterocycles. The molecule has 0 aliphatic carbocycles. The van der Waals surface area contributed by atoms with Crippen molar-refractivity contribution in [1.82, 2.24) is 5.32 Å². The van der Waals surface area contributed by atoms with Gasteiger partial charge in [-0.05, 0) is 11.5 Å². The highest BCUT2D eigenvalue weighted by molar-refractivity contribution is 6.07. The molecule has 1 atom stereocenters. The lowest BCUT2D eigenvalue weighted by atomic mass is 10.1. The van der Waals surface area contributed by atoms with Crippen LogP contribution in [0.2, 0.25) is 0 Å². The molecule has 3 amide bonds. The highest BCUT2D eigenvalue weighted by atomic mass is 16.2. The third kappa shape index (κ3) is 3.01. The number of rotatable bonds is 4. The van der Waals surface area contributed by atoms with E-state index in [1.54, 1.807) is 4.90 Å². The largest absolute Gasteiger partial charge is 0.368 e. The van der Waals surface area contributed by atoms with Crippen LogP contribution in [0.15, 0.2) is 42.5 Å². The van der Waals surface area contributed by atoms with Crippen LogP contribution >= 0.6 is 0 Å². The molecule has 2 aromatic carbocycles. The van der Waals surface area contributed by atoms with Crippen LogP contribution in [0.25, 0.3) is 10.8 Å². The third-order valence-electron chi connectivity index (χ3n) is 3.99. The second-order valence-corrected chi connectivity index (χ2v) is 5.59.